The van der Waals surface area contributed by atoms with Crippen LogP contribution in [0.4, 0.5) is 0 Å². The number of hydrogen-bond acceptors (Lipinski definition) is 2. The quantitative estimate of drug-likeness (QED) is 0.419. The first-order chi connectivity index (χ1) is 4.84. The summed E-state index contributed by atoms with van der Waals surface area (Å²) in [6, 6.07) is 0. The highest BCUT2D eigenvalue weighted by atomic mass is 16.5. The molecule has 0 N–H and O–H groups in total. The average Bonchev–Trinajstić information content (AvgIpc) is 2.69. The fourth-order valence-corrected chi connectivity index (χ4v) is 0.616. The normalized spacial score (nSPS) is 15.3. The van der Waals surface area contributed by atoms with E-state index >= 15 is 0 Å². The summed E-state index contributed by atoms with van der Waals surface area (Å²) in [6.07, 6.45) is 2.00. The van der Waals surface area contributed by atoms with E-state index in [1.54, 1.807) is 6.92 Å². The molecule has 1 aliphatic rings. The van der Waals surface area contributed by atoms with Gasteiger partial charge >= 0.3 is 5.97 Å². The summed E-state index contributed by atoms with van der Waals surface area (Å²) >= 11 is 0. The van der Waals surface area contributed by atoms with Gasteiger partial charge in [-0.05, 0) is 19.8 Å². The molecule has 2 nitrogen and oxygen atoms in total. The maximum Gasteiger partial charge on any atom is 0.309 e. The Morgan fingerprint density at radius 3 is 2.90 bits per heavy atom. The third kappa shape index (κ3) is 2.10. The van der Waals surface area contributed by atoms with Crippen LogP contribution in [0.5, 0.6) is 0 Å². The highest BCUT2D eigenvalue weighted by molar-refractivity contribution is 5.75. The molecule has 0 aromatic rings. The molecule has 0 bridgehead atoms. The Balaban J connectivity index is 2.10. The van der Waals surface area contributed by atoms with Crippen molar-refractivity contribution >= 4 is 5.97 Å². The maximum absolute atomic E-state index is 10.8. The van der Waals surface area contributed by atoms with E-state index in [-0.39, 0.29) is 18.5 Å². The van der Waals surface area contributed by atoms with Crippen LogP contribution in [-0.4, -0.2) is 12.6 Å². The molecule has 0 spiro atoms. The minimum Gasteiger partial charge on any atom is -0.452 e. The van der Waals surface area contributed by atoms with E-state index in [4.69, 9.17) is 4.74 Å². The predicted octanol–water partition coefficient (Wildman–Crippen LogP) is 0.963. The van der Waals surface area contributed by atoms with Crippen molar-refractivity contribution in [1.29, 1.82) is 0 Å². The standard InChI is InChI=1S/C8H10O2/c1-2-3-6-10-8(9)7-4-5-7/h7H,4-6H2,1H3. The predicted molar refractivity (Wildman–Crippen MR) is 37.1 cm³/mol. The Hall–Kier alpha value is -0.970. The minimum absolute atomic E-state index is 0.0808. The first-order valence-corrected chi connectivity index (χ1v) is 3.41. The molecule has 0 amide bonds. The molecule has 0 saturated heterocycles. The summed E-state index contributed by atoms with van der Waals surface area (Å²) in [4.78, 5) is 10.8. The van der Waals surface area contributed by atoms with Crippen molar-refractivity contribution in [2.75, 3.05) is 6.61 Å². The molecule has 0 heterocycles. The topological polar surface area (TPSA) is 26.3 Å². The number of rotatable bonds is 2. The zero-order chi connectivity index (χ0) is 7.40. The SMILES string of the molecule is CC#CCOC(=O)C1CC1. The van der Waals surface area contributed by atoms with Crippen LogP contribution >= 0.6 is 0 Å². The zero-order valence-electron chi connectivity index (χ0n) is 6.02. The molecule has 0 aromatic heterocycles. The van der Waals surface area contributed by atoms with Crippen LogP contribution in [0, 0.1) is 17.8 Å². The van der Waals surface area contributed by atoms with Gasteiger partial charge < -0.3 is 4.74 Å². The fourth-order valence-electron chi connectivity index (χ4n) is 0.616. The van der Waals surface area contributed by atoms with Gasteiger partial charge in [-0.3, -0.25) is 4.79 Å². The highest BCUT2D eigenvalue weighted by Gasteiger charge is 2.30. The van der Waals surface area contributed by atoms with Crippen LogP contribution in [0.1, 0.15) is 19.8 Å². The Bertz CT molecular complexity index is 181. The summed E-state index contributed by atoms with van der Waals surface area (Å²) in [7, 11) is 0. The fraction of sp³-hybridized carbons (Fsp3) is 0.625. The van der Waals surface area contributed by atoms with Crippen molar-refractivity contribution in [1.82, 2.24) is 0 Å². The molecule has 10 heavy (non-hydrogen) atoms. The van der Waals surface area contributed by atoms with Crippen LogP contribution in [-0.2, 0) is 9.53 Å². The van der Waals surface area contributed by atoms with Crippen molar-refractivity contribution in [2.45, 2.75) is 19.8 Å². The molecule has 0 atom stereocenters. The van der Waals surface area contributed by atoms with Gasteiger partial charge in [0.15, 0.2) is 6.61 Å². The van der Waals surface area contributed by atoms with Gasteiger partial charge in [0.25, 0.3) is 0 Å². The molecule has 0 radical (unpaired) electrons. The molecule has 1 aliphatic carbocycles. The molecule has 1 saturated carbocycles. The van der Waals surface area contributed by atoms with Gasteiger partial charge in [-0.15, -0.1) is 5.92 Å². The molecule has 0 unspecified atom stereocenters. The van der Waals surface area contributed by atoms with Crippen molar-refractivity contribution in [3.8, 4) is 11.8 Å². The Kier molecular flexibility index (Phi) is 2.33. The molecule has 0 aliphatic heterocycles. The van der Waals surface area contributed by atoms with Crippen LogP contribution < -0.4 is 0 Å². The van der Waals surface area contributed by atoms with Crippen molar-refractivity contribution < 1.29 is 9.53 Å². The second-order valence-electron chi connectivity index (χ2n) is 2.31. The first-order valence-electron chi connectivity index (χ1n) is 3.41. The van der Waals surface area contributed by atoms with E-state index < -0.39 is 0 Å². The van der Waals surface area contributed by atoms with E-state index in [9.17, 15) is 4.79 Å². The highest BCUT2D eigenvalue weighted by Crippen LogP contribution is 2.29. The van der Waals surface area contributed by atoms with Gasteiger partial charge in [-0.1, -0.05) is 5.92 Å². The van der Waals surface area contributed by atoms with Gasteiger partial charge in [0.2, 0.25) is 0 Å². The summed E-state index contributed by atoms with van der Waals surface area (Å²) in [5.41, 5.74) is 0. The van der Waals surface area contributed by atoms with Crippen LogP contribution in [0.2, 0.25) is 0 Å². The summed E-state index contributed by atoms with van der Waals surface area (Å²) in [6.45, 7) is 1.98. The van der Waals surface area contributed by atoms with Crippen LogP contribution in [0.15, 0.2) is 0 Å². The van der Waals surface area contributed by atoms with Crippen LogP contribution in [0.25, 0.3) is 0 Å². The molecule has 0 aromatic carbocycles. The Labute approximate surface area is 60.6 Å². The van der Waals surface area contributed by atoms with E-state index in [0.717, 1.165) is 12.8 Å². The second kappa shape index (κ2) is 3.26. The first kappa shape index (κ1) is 7.14. The number of carbonyl (C=O) groups is 1. The minimum atomic E-state index is -0.0808. The third-order valence-electron chi connectivity index (χ3n) is 1.37. The largest absolute Gasteiger partial charge is 0.452 e. The molecule has 54 valence electrons. The molecular weight excluding hydrogens is 128 g/mol. The van der Waals surface area contributed by atoms with Crippen LogP contribution in [0.3, 0.4) is 0 Å². The smallest absolute Gasteiger partial charge is 0.309 e. The second-order valence-corrected chi connectivity index (χ2v) is 2.31. The Morgan fingerprint density at radius 1 is 1.70 bits per heavy atom. The lowest BCUT2D eigenvalue weighted by Gasteiger charge is -1.95. The monoisotopic (exact) mass is 138 g/mol. The molecule has 1 fully saturated rings. The van der Waals surface area contributed by atoms with E-state index in [1.165, 1.54) is 0 Å². The lowest BCUT2D eigenvalue weighted by molar-refractivity contribution is -0.143. The molecule has 1 rings (SSSR count). The third-order valence-corrected chi connectivity index (χ3v) is 1.37. The summed E-state index contributed by atoms with van der Waals surface area (Å²) < 4.78 is 4.79. The van der Waals surface area contributed by atoms with E-state index in [2.05, 4.69) is 11.8 Å². The van der Waals surface area contributed by atoms with Gasteiger partial charge in [0, 0.05) is 0 Å². The molecular formula is C8H10O2. The molecule has 2 heteroatoms. The summed E-state index contributed by atoms with van der Waals surface area (Å²) in [5.74, 6) is 5.44. The number of hydrogen-bond donors (Lipinski definition) is 0. The number of esters is 1. The van der Waals surface area contributed by atoms with E-state index in [0.29, 0.717) is 0 Å². The number of carbonyl (C=O) groups excluding carboxylic acids is 1. The summed E-state index contributed by atoms with van der Waals surface area (Å²) in [5, 5.41) is 0. The van der Waals surface area contributed by atoms with Gasteiger partial charge in [0.05, 0.1) is 5.92 Å². The van der Waals surface area contributed by atoms with Gasteiger partial charge in [-0.2, -0.15) is 0 Å². The lowest BCUT2D eigenvalue weighted by Crippen LogP contribution is -2.05. The van der Waals surface area contributed by atoms with Gasteiger partial charge in [0.1, 0.15) is 0 Å². The van der Waals surface area contributed by atoms with Crippen molar-refractivity contribution in [3.63, 3.8) is 0 Å². The van der Waals surface area contributed by atoms with Crippen molar-refractivity contribution in [3.05, 3.63) is 0 Å². The lowest BCUT2D eigenvalue weighted by atomic mass is 10.4. The number of ether oxygens (including phenoxy) is 1. The van der Waals surface area contributed by atoms with E-state index in [1.807, 2.05) is 0 Å². The average molecular weight is 138 g/mol. The Morgan fingerprint density at radius 2 is 2.40 bits per heavy atom. The maximum atomic E-state index is 10.8. The van der Waals surface area contributed by atoms with Crippen molar-refractivity contribution in [2.24, 2.45) is 5.92 Å². The van der Waals surface area contributed by atoms with Gasteiger partial charge in [-0.25, -0.2) is 0 Å². The zero-order valence-corrected chi connectivity index (χ0v) is 6.02.